The molecular weight excluding hydrogens is 174 g/mol. The summed E-state index contributed by atoms with van der Waals surface area (Å²) in [7, 11) is 3.38. The lowest BCUT2D eigenvalue weighted by Gasteiger charge is -2.01. The van der Waals surface area contributed by atoms with Gasteiger partial charge in [-0.1, -0.05) is 44.2 Å². The van der Waals surface area contributed by atoms with Crippen molar-refractivity contribution < 1.29 is 4.79 Å². The van der Waals surface area contributed by atoms with E-state index in [0.717, 1.165) is 6.41 Å². The molecule has 0 N–H and O–H groups in total. The Morgan fingerprint density at radius 3 is 1.79 bits per heavy atom. The molecule has 1 aromatic rings. The fourth-order valence-electron chi connectivity index (χ4n) is 0.838. The van der Waals surface area contributed by atoms with Gasteiger partial charge in [-0.3, -0.25) is 4.79 Å². The van der Waals surface area contributed by atoms with Crippen molar-refractivity contribution in [2.75, 3.05) is 14.1 Å². The molecular formula is C12H19NO. The Bertz CT molecular complexity index is 242. The molecule has 0 bridgehead atoms. The molecule has 0 aliphatic heterocycles. The van der Waals surface area contributed by atoms with Crippen LogP contribution >= 0.6 is 0 Å². The third kappa shape index (κ3) is 6.23. The molecule has 1 aromatic carbocycles. The fourth-order valence-corrected chi connectivity index (χ4v) is 0.838. The van der Waals surface area contributed by atoms with E-state index in [2.05, 4.69) is 38.1 Å². The number of carbonyl (C=O) groups excluding carboxylic acids is 1. The first-order valence-corrected chi connectivity index (χ1v) is 4.74. The summed E-state index contributed by atoms with van der Waals surface area (Å²) in [6, 6.07) is 10.5. The van der Waals surface area contributed by atoms with Gasteiger partial charge in [-0.25, -0.2) is 0 Å². The average Bonchev–Trinajstić information content (AvgIpc) is 2.20. The number of rotatable bonds is 2. The summed E-state index contributed by atoms with van der Waals surface area (Å²) >= 11 is 0. The zero-order chi connectivity index (χ0) is 11.0. The molecule has 0 atom stereocenters. The van der Waals surface area contributed by atoms with Crippen molar-refractivity contribution in [2.24, 2.45) is 0 Å². The molecule has 1 rings (SSSR count). The molecule has 0 spiro atoms. The first-order chi connectivity index (χ1) is 6.57. The van der Waals surface area contributed by atoms with Gasteiger partial charge in [-0.2, -0.15) is 0 Å². The Morgan fingerprint density at radius 2 is 1.57 bits per heavy atom. The molecule has 0 aliphatic carbocycles. The van der Waals surface area contributed by atoms with E-state index in [1.165, 1.54) is 10.5 Å². The van der Waals surface area contributed by atoms with Crippen LogP contribution in [0.15, 0.2) is 30.3 Å². The van der Waals surface area contributed by atoms with E-state index < -0.39 is 0 Å². The molecule has 14 heavy (non-hydrogen) atoms. The van der Waals surface area contributed by atoms with E-state index in [4.69, 9.17) is 0 Å². The number of amides is 1. The summed E-state index contributed by atoms with van der Waals surface area (Å²) in [5.74, 6) is 0.659. The monoisotopic (exact) mass is 193 g/mol. The quantitative estimate of drug-likeness (QED) is 0.661. The Kier molecular flexibility index (Phi) is 6.46. The van der Waals surface area contributed by atoms with Crippen molar-refractivity contribution >= 4 is 6.41 Å². The highest BCUT2D eigenvalue weighted by atomic mass is 16.1. The molecule has 0 radical (unpaired) electrons. The van der Waals surface area contributed by atoms with Crippen LogP contribution in [0, 0.1) is 0 Å². The molecule has 0 saturated carbocycles. The maximum absolute atomic E-state index is 9.43. The topological polar surface area (TPSA) is 20.3 Å². The van der Waals surface area contributed by atoms with Crippen molar-refractivity contribution in [3.63, 3.8) is 0 Å². The summed E-state index contributed by atoms with van der Waals surface area (Å²) in [6.07, 6.45) is 0.750. The number of hydrogen-bond donors (Lipinski definition) is 0. The molecule has 1 amide bonds. The van der Waals surface area contributed by atoms with Gasteiger partial charge in [0.1, 0.15) is 0 Å². The Labute approximate surface area is 86.5 Å². The lowest BCUT2D eigenvalue weighted by Crippen LogP contribution is -2.06. The maximum Gasteiger partial charge on any atom is 0.209 e. The van der Waals surface area contributed by atoms with Gasteiger partial charge in [0.05, 0.1) is 0 Å². The van der Waals surface area contributed by atoms with Crippen molar-refractivity contribution in [3.05, 3.63) is 35.9 Å². The summed E-state index contributed by atoms with van der Waals surface area (Å²) in [4.78, 5) is 10.9. The van der Waals surface area contributed by atoms with Gasteiger partial charge in [-0.05, 0) is 11.5 Å². The summed E-state index contributed by atoms with van der Waals surface area (Å²) in [5, 5.41) is 0. The smallest absolute Gasteiger partial charge is 0.209 e. The minimum atomic E-state index is 0.659. The van der Waals surface area contributed by atoms with Gasteiger partial charge in [0.25, 0.3) is 0 Å². The van der Waals surface area contributed by atoms with Gasteiger partial charge >= 0.3 is 0 Å². The average molecular weight is 193 g/mol. The lowest BCUT2D eigenvalue weighted by atomic mass is 10.0. The van der Waals surface area contributed by atoms with E-state index in [9.17, 15) is 4.79 Å². The minimum absolute atomic E-state index is 0.659. The van der Waals surface area contributed by atoms with E-state index in [1.54, 1.807) is 14.1 Å². The first-order valence-electron chi connectivity index (χ1n) is 4.74. The Morgan fingerprint density at radius 1 is 1.14 bits per heavy atom. The van der Waals surface area contributed by atoms with Crippen LogP contribution in [0.4, 0.5) is 0 Å². The zero-order valence-corrected chi connectivity index (χ0v) is 9.40. The second-order valence-corrected chi connectivity index (χ2v) is 3.63. The third-order valence-corrected chi connectivity index (χ3v) is 1.68. The largest absolute Gasteiger partial charge is 0.351 e. The van der Waals surface area contributed by atoms with Crippen LogP contribution in [-0.2, 0) is 4.79 Å². The second-order valence-electron chi connectivity index (χ2n) is 3.63. The molecule has 0 aliphatic rings. The molecule has 78 valence electrons. The standard InChI is InChI=1S/C9H12.C3H7NO/c1-8(2)9-6-4-3-5-7-9;1-4(2)3-5/h3-8H,1-2H3;3H,1-2H3. The predicted molar refractivity (Wildman–Crippen MR) is 60.3 cm³/mol. The molecule has 0 fully saturated rings. The van der Waals surface area contributed by atoms with Crippen LogP contribution in [0.2, 0.25) is 0 Å². The lowest BCUT2D eigenvalue weighted by molar-refractivity contribution is -0.115. The number of nitrogens with zero attached hydrogens (tertiary/aromatic N) is 1. The highest BCUT2D eigenvalue weighted by Gasteiger charge is 1.93. The Balaban J connectivity index is 0.000000292. The molecule has 0 aromatic heterocycles. The van der Waals surface area contributed by atoms with Gasteiger partial charge in [0, 0.05) is 14.1 Å². The third-order valence-electron chi connectivity index (χ3n) is 1.68. The van der Waals surface area contributed by atoms with E-state index in [0.29, 0.717) is 5.92 Å². The van der Waals surface area contributed by atoms with E-state index in [1.807, 2.05) is 6.07 Å². The van der Waals surface area contributed by atoms with Crippen LogP contribution in [0.25, 0.3) is 0 Å². The van der Waals surface area contributed by atoms with Crippen molar-refractivity contribution in [1.82, 2.24) is 4.90 Å². The van der Waals surface area contributed by atoms with Gasteiger partial charge in [0.2, 0.25) is 6.41 Å². The first kappa shape index (κ1) is 12.7. The molecule has 0 unspecified atom stereocenters. The van der Waals surface area contributed by atoms with Crippen molar-refractivity contribution in [2.45, 2.75) is 19.8 Å². The van der Waals surface area contributed by atoms with Gasteiger partial charge in [0.15, 0.2) is 0 Å². The molecule has 2 heteroatoms. The van der Waals surface area contributed by atoms with Crippen LogP contribution in [-0.4, -0.2) is 25.4 Å². The summed E-state index contributed by atoms with van der Waals surface area (Å²) in [5.41, 5.74) is 1.41. The second kappa shape index (κ2) is 7.13. The summed E-state index contributed by atoms with van der Waals surface area (Å²) in [6.45, 7) is 4.41. The number of carbonyl (C=O) groups is 1. The fraction of sp³-hybridized carbons (Fsp3) is 0.417. The van der Waals surface area contributed by atoms with Crippen molar-refractivity contribution in [1.29, 1.82) is 0 Å². The van der Waals surface area contributed by atoms with E-state index in [-0.39, 0.29) is 0 Å². The summed E-state index contributed by atoms with van der Waals surface area (Å²) < 4.78 is 0. The van der Waals surface area contributed by atoms with Gasteiger partial charge < -0.3 is 4.90 Å². The number of benzene rings is 1. The molecule has 2 nitrogen and oxygen atoms in total. The molecule has 0 saturated heterocycles. The Hall–Kier alpha value is -1.31. The SMILES string of the molecule is CC(C)c1ccccc1.CN(C)C=O. The number of hydrogen-bond acceptors (Lipinski definition) is 1. The highest BCUT2D eigenvalue weighted by Crippen LogP contribution is 2.11. The van der Waals surface area contributed by atoms with Crippen LogP contribution in [0.5, 0.6) is 0 Å². The van der Waals surface area contributed by atoms with E-state index >= 15 is 0 Å². The maximum atomic E-state index is 9.43. The molecule has 0 heterocycles. The van der Waals surface area contributed by atoms with Crippen molar-refractivity contribution in [3.8, 4) is 0 Å². The van der Waals surface area contributed by atoms with Crippen LogP contribution in [0.3, 0.4) is 0 Å². The zero-order valence-electron chi connectivity index (χ0n) is 9.40. The van der Waals surface area contributed by atoms with Gasteiger partial charge in [-0.15, -0.1) is 0 Å². The minimum Gasteiger partial charge on any atom is -0.351 e. The highest BCUT2D eigenvalue weighted by molar-refractivity contribution is 5.45. The predicted octanol–water partition coefficient (Wildman–Crippen LogP) is 2.51. The normalized spacial score (nSPS) is 8.93. The van der Waals surface area contributed by atoms with Crippen LogP contribution < -0.4 is 0 Å². The van der Waals surface area contributed by atoms with Crippen LogP contribution in [0.1, 0.15) is 25.3 Å².